The molecule has 0 aromatic heterocycles. The van der Waals surface area contributed by atoms with Crippen LogP contribution in [0.1, 0.15) is 17.2 Å². The molecule has 0 radical (unpaired) electrons. The number of halogens is 1. The Balaban J connectivity index is 2.73. The fraction of sp³-hybridized carbons (Fsp3) is 0.462. The molecule has 1 atom stereocenters. The number of hydrogen-bond acceptors (Lipinski definition) is 3. The molecule has 0 heterocycles. The van der Waals surface area contributed by atoms with Gasteiger partial charge in [0.2, 0.25) is 0 Å². The second kappa shape index (κ2) is 6.33. The molecule has 0 fully saturated rings. The Labute approximate surface area is 102 Å². The van der Waals surface area contributed by atoms with E-state index in [0.29, 0.717) is 12.1 Å². The van der Waals surface area contributed by atoms with E-state index in [2.05, 4.69) is 11.4 Å². The average Bonchev–Trinajstić information content (AvgIpc) is 2.28. The molecule has 1 aromatic rings. The van der Waals surface area contributed by atoms with Crippen LogP contribution < -0.4 is 5.32 Å². The molecule has 0 amide bonds. The molecule has 0 spiro atoms. The monoisotopic (exact) mass is 235 g/mol. The summed E-state index contributed by atoms with van der Waals surface area (Å²) in [6.07, 6.45) is 0. The van der Waals surface area contributed by atoms with Crippen molar-refractivity contribution in [3.8, 4) is 6.07 Å². The molecular weight excluding hydrogens is 217 g/mol. The first-order chi connectivity index (χ1) is 8.04. The van der Waals surface area contributed by atoms with Crippen LogP contribution in [-0.4, -0.2) is 32.1 Å². The van der Waals surface area contributed by atoms with Crippen LogP contribution in [0.25, 0.3) is 0 Å². The number of likely N-dealkylation sites (N-methyl/N-ethyl adjacent to an activating group) is 1. The van der Waals surface area contributed by atoms with Crippen LogP contribution in [-0.2, 0) is 0 Å². The molecule has 17 heavy (non-hydrogen) atoms. The molecule has 0 bridgehead atoms. The summed E-state index contributed by atoms with van der Waals surface area (Å²) in [5.74, 6) is -0.305. The molecule has 92 valence electrons. The fourth-order valence-electron chi connectivity index (χ4n) is 1.58. The van der Waals surface area contributed by atoms with Crippen LogP contribution in [0.15, 0.2) is 18.2 Å². The Morgan fingerprint density at radius 3 is 2.76 bits per heavy atom. The highest BCUT2D eigenvalue weighted by Gasteiger charge is 2.13. The number of nitrogens with zero attached hydrogens (tertiary/aromatic N) is 2. The van der Waals surface area contributed by atoms with Crippen LogP contribution in [0, 0.1) is 24.1 Å². The highest BCUT2D eigenvalue weighted by Crippen LogP contribution is 2.18. The van der Waals surface area contributed by atoms with Crippen molar-refractivity contribution >= 4 is 0 Å². The van der Waals surface area contributed by atoms with E-state index in [1.165, 1.54) is 12.1 Å². The van der Waals surface area contributed by atoms with E-state index in [9.17, 15) is 4.39 Å². The second-order valence-electron chi connectivity index (χ2n) is 4.32. The Bertz CT molecular complexity index is 410. The van der Waals surface area contributed by atoms with E-state index in [0.717, 1.165) is 12.1 Å². The van der Waals surface area contributed by atoms with Gasteiger partial charge in [-0.25, -0.2) is 4.39 Å². The van der Waals surface area contributed by atoms with Crippen molar-refractivity contribution in [2.24, 2.45) is 0 Å². The lowest BCUT2D eigenvalue weighted by Crippen LogP contribution is -2.29. The van der Waals surface area contributed by atoms with Gasteiger partial charge in [0.05, 0.1) is 6.07 Å². The van der Waals surface area contributed by atoms with Crippen molar-refractivity contribution in [2.75, 3.05) is 27.2 Å². The molecule has 1 N–H and O–H groups in total. The minimum atomic E-state index is -0.453. The third-order valence-corrected chi connectivity index (χ3v) is 2.59. The SMILES string of the molecule is Cc1ccc(F)cc1C(C#N)NCCN(C)C. The zero-order chi connectivity index (χ0) is 12.8. The first kappa shape index (κ1) is 13.6. The number of aryl methyl sites for hydroxylation is 1. The normalized spacial score (nSPS) is 12.5. The van der Waals surface area contributed by atoms with Crippen LogP contribution in [0.3, 0.4) is 0 Å². The smallest absolute Gasteiger partial charge is 0.123 e. The summed E-state index contributed by atoms with van der Waals surface area (Å²) < 4.78 is 13.1. The lowest BCUT2D eigenvalue weighted by atomic mass is 10.0. The van der Waals surface area contributed by atoms with Crippen molar-refractivity contribution in [3.05, 3.63) is 35.1 Å². The highest BCUT2D eigenvalue weighted by molar-refractivity contribution is 5.32. The molecule has 0 saturated heterocycles. The first-order valence-electron chi connectivity index (χ1n) is 5.58. The number of hydrogen-bond donors (Lipinski definition) is 1. The molecule has 3 nitrogen and oxygen atoms in total. The van der Waals surface area contributed by atoms with Gasteiger partial charge in [0.25, 0.3) is 0 Å². The van der Waals surface area contributed by atoms with Crippen LogP contribution >= 0.6 is 0 Å². The fourth-order valence-corrected chi connectivity index (χ4v) is 1.58. The minimum Gasteiger partial charge on any atom is -0.308 e. The van der Waals surface area contributed by atoms with E-state index < -0.39 is 6.04 Å². The van der Waals surface area contributed by atoms with Crippen molar-refractivity contribution in [2.45, 2.75) is 13.0 Å². The van der Waals surface area contributed by atoms with Crippen LogP contribution in [0.5, 0.6) is 0 Å². The zero-order valence-electron chi connectivity index (χ0n) is 10.5. The zero-order valence-corrected chi connectivity index (χ0v) is 10.5. The number of nitrogens with one attached hydrogen (secondary N) is 1. The Hall–Kier alpha value is -1.44. The van der Waals surface area contributed by atoms with Crippen molar-refractivity contribution < 1.29 is 4.39 Å². The Morgan fingerprint density at radius 2 is 2.18 bits per heavy atom. The summed E-state index contributed by atoms with van der Waals surface area (Å²) in [7, 11) is 3.94. The van der Waals surface area contributed by atoms with Gasteiger partial charge in [-0.2, -0.15) is 5.26 Å². The Morgan fingerprint density at radius 1 is 1.47 bits per heavy atom. The maximum Gasteiger partial charge on any atom is 0.123 e. The summed E-state index contributed by atoms with van der Waals surface area (Å²) in [6.45, 7) is 3.42. The summed E-state index contributed by atoms with van der Waals surface area (Å²) >= 11 is 0. The lowest BCUT2D eigenvalue weighted by Gasteiger charge is -2.16. The molecule has 1 aromatic carbocycles. The summed E-state index contributed by atoms with van der Waals surface area (Å²) in [5, 5.41) is 12.2. The van der Waals surface area contributed by atoms with Crippen LogP contribution in [0.4, 0.5) is 4.39 Å². The topological polar surface area (TPSA) is 39.1 Å². The molecule has 0 aliphatic carbocycles. The molecular formula is C13H18FN3. The van der Waals surface area contributed by atoms with E-state index >= 15 is 0 Å². The van der Waals surface area contributed by atoms with Gasteiger partial charge in [-0.1, -0.05) is 6.07 Å². The molecule has 4 heteroatoms. The molecule has 1 unspecified atom stereocenters. The summed E-state index contributed by atoms with van der Waals surface area (Å²) in [5.41, 5.74) is 1.64. The maximum absolute atomic E-state index is 13.1. The summed E-state index contributed by atoms with van der Waals surface area (Å²) in [4.78, 5) is 2.03. The van der Waals surface area contributed by atoms with Gasteiger partial charge < -0.3 is 4.90 Å². The van der Waals surface area contributed by atoms with Crippen LogP contribution in [0.2, 0.25) is 0 Å². The van der Waals surface area contributed by atoms with E-state index in [4.69, 9.17) is 5.26 Å². The van der Waals surface area contributed by atoms with Gasteiger partial charge >= 0.3 is 0 Å². The Kier molecular flexibility index (Phi) is 5.08. The van der Waals surface area contributed by atoms with E-state index in [1.54, 1.807) is 6.07 Å². The highest BCUT2D eigenvalue weighted by atomic mass is 19.1. The van der Waals surface area contributed by atoms with E-state index in [-0.39, 0.29) is 5.82 Å². The number of benzene rings is 1. The second-order valence-corrected chi connectivity index (χ2v) is 4.32. The van der Waals surface area contributed by atoms with Gasteiger partial charge in [0.1, 0.15) is 11.9 Å². The maximum atomic E-state index is 13.1. The predicted octanol–water partition coefficient (Wildman–Crippen LogP) is 1.85. The van der Waals surface area contributed by atoms with Crippen molar-refractivity contribution in [1.82, 2.24) is 10.2 Å². The van der Waals surface area contributed by atoms with Crippen molar-refractivity contribution in [1.29, 1.82) is 5.26 Å². The lowest BCUT2D eigenvalue weighted by molar-refractivity contribution is 0.394. The molecule has 1 rings (SSSR count). The van der Waals surface area contributed by atoms with Gasteiger partial charge in [0, 0.05) is 13.1 Å². The standard InChI is InChI=1S/C13H18FN3/c1-10-4-5-11(14)8-12(10)13(9-15)16-6-7-17(2)3/h4-5,8,13,16H,6-7H2,1-3H3. The quantitative estimate of drug-likeness (QED) is 0.846. The average molecular weight is 235 g/mol. The van der Waals surface area contributed by atoms with Gasteiger partial charge in [-0.05, 0) is 44.3 Å². The van der Waals surface area contributed by atoms with Gasteiger partial charge in [-0.15, -0.1) is 0 Å². The van der Waals surface area contributed by atoms with Crippen molar-refractivity contribution in [3.63, 3.8) is 0 Å². The third kappa shape index (κ3) is 4.14. The molecule has 0 aliphatic heterocycles. The largest absolute Gasteiger partial charge is 0.308 e. The predicted molar refractivity (Wildman–Crippen MR) is 66.0 cm³/mol. The minimum absolute atomic E-state index is 0.305. The molecule has 0 saturated carbocycles. The van der Waals surface area contributed by atoms with E-state index in [1.807, 2.05) is 25.9 Å². The molecule has 0 aliphatic rings. The summed E-state index contributed by atoms with van der Waals surface area (Å²) in [6, 6.07) is 6.24. The third-order valence-electron chi connectivity index (χ3n) is 2.59. The number of nitriles is 1. The van der Waals surface area contributed by atoms with Gasteiger partial charge in [0.15, 0.2) is 0 Å². The first-order valence-corrected chi connectivity index (χ1v) is 5.58. The van der Waals surface area contributed by atoms with Gasteiger partial charge in [-0.3, -0.25) is 5.32 Å². The number of rotatable bonds is 5.